The zero-order chi connectivity index (χ0) is 18.3. The lowest BCUT2D eigenvalue weighted by atomic mass is 10.0. The molecule has 0 unspecified atom stereocenters. The summed E-state index contributed by atoms with van der Waals surface area (Å²) in [4.78, 5) is 40.5. The number of fused-ring (bicyclic) bond motifs is 2. The predicted octanol–water partition coefficient (Wildman–Crippen LogP) is -0.0165. The van der Waals surface area contributed by atoms with Gasteiger partial charge in [0.15, 0.2) is 0 Å². The molecule has 2 atom stereocenters. The van der Waals surface area contributed by atoms with E-state index in [0.717, 1.165) is 10.8 Å². The molecule has 0 saturated carbocycles. The van der Waals surface area contributed by atoms with E-state index in [-0.39, 0.29) is 30.8 Å². The molecular weight excluding hydrogens is 334 g/mol. The van der Waals surface area contributed by atoms with Crippen LogP contribution in [0.1, 0.15) is 10.4 Å². The highest BCUT2D eigenvalue weighted by Gasteiger charge is 2.44. The first-order valence-electron chi connectivity index (χ1n) is 8.58. The molecule has 2 heterocycles. The maximum absolute atomic E-state index is 12.9. The van der Waals surface area contributed by atoms with Crippen molar-refractivity contribution < 1.29 is 19.5 Å². The summed E-state index contributed by atoms with van der Waals surface area (Å²) < 4.78 is 0. The van der Waals surface area contributed by atoms with Crippen molar-refractivity contribution in [2.24, 2.45) is 0 Å². The number of piperazine rings is 2. The fourth-order valence-corrected chi connectivity index (χ4v) is 3.61. The van der Waals surface area contributed by atoms with Gasteiger partial charge in [-0.25, -0.2) is 0 Å². The molecule has 3 amide bonds. The molecule has 2 fully saturated rings. The summed E-state index contributed by atoms with van der Waals surface area (Å²) in [5.41, 5.74) is 0.563. The molecule has 2 aromatic carbocycles. The van der Waals surface area contributed by atoms with Crippen molar-refractivity contribution >= 4 is 28.5 Å². The zero-order valence-electron chi connectivity index (χ0n) is 14.1. The molecule has 7 nitrogen and oxygen atoms in total. The molecule has 7 heteroatoms. The molecule has 2 aliphatic rings. The lowest BCUT2D eigenvalue weighted by Crippen LogP contribution is -2.70. The Labute approximate surface area is 150 Å². The number of amides is 3. The van der Waals surface area contributed by atoms with E-state index in [9.17, 15) is 19.5 Å². The summed E-state index contributed by atoms with van der Waals surface area (Å²) in [6.45, 7) is 0.376. The van der Waals surface area contributed by atoms with Crippen LogP contribution in [0, 0.1) is 0 Å². The Morgan fingerprint density at radius 2 is 1.88 bits per heavy atom. The van der Waals surface area contributed by atoms with Crippen LogP contribution < -0.4 is 5.32 Å². The van der Waals surface area contributed by atoms with Crippen molar-refractivity contribution in [3.63, 3.8) is 0 Å². The zero-order valence-corrected chi connectivity index (χ0v) is 14.1. The Kier molecular flexibility index (Phi) is 4.08. The summed E-state index contributed by atoms with van der Waals surface area (Å²) in [5.74, 6) is -0.783. The summed E-state index contributed by atoms with van der Waals surface area (Å²) in [7, 11) is 0. The summed E-state index contributed by atoms with van der Waals surface area (Å²) >= 11 is 0. The van der Waals surface area contributed by atoms with Crippen LogP contribution in [0.4, 0.5) is 0 Å². The van der Waals surface area contributed by atoms with Crippen LogP contribution in [0.15, 0.2) is 42.5 Å². The molecule has 134 valence electrons. The molecular formula is C19H19N3O4. The average molecular weight is 353 g/mol. The van der Waals surface area contributed by atoms with Crippen molar-refractivity contribution in [1.82, 2.24) is 15.1 Å². The van der Waals surface area contributed by atoms with Crippen LogP contribution >= 0.6 is 0 Å². The number of hydrogen-bond acceptors (Lipinski definition) is 4. The second-order valence-corrected chi connectivity index (χ2v) is 6.60. The SMILES string of the molecule is O=C1N[C@H](CO)C(=O)N2CCN(C(=O)c3ccc4ccccc4c3)C[C@H]12. The van der Waals surface area contributed by atoms with Gasteiger partial charge in [-0.15, -0.1) is 0 Å². The second kappa shape index (κ2) is 6.42. The molecule has 0 spiro atoms. The molecule has 2 N–H and O–H groups in total. The van der Waals surface area contributed by atoms with Crippen LogP contribution in [0.25, 0.3) is 10.8 Å². The Hall–Kier alpha value is -2.93. The summed E-state index contributed by atoms with van der Waals surface area (Å²) in [6.07, 6.45) is 0. The van der Waals surface area contributed by atoms with Gasteiger partial charge in [0.2, 0.25) is 11.8 Å². The first kappa shape index (κ1) is 16.5. The lowest BCUT2D eigenvalue weighted by Gasteiger charge is -2.44. The van der Waals surface area contributed by atoms with Crippen molar-refractivity contribution in [1.29, 1.82) is 0 Å². The van der Waals surface area contributed by atoms with E-state index in [2.05, 4.69) is 5.32 Å². The third kappa shape index (κ3) is 2.70. The van der Waals surface area contributed by atoms with Gasteiger partial charge in [-0.3, -0.25) is 14.4 Å². The number of aliphatic hydroxyl groups excluding tert-OH is 1. The van der Waals surface area contributed by atoms with Crippen LogP contribution in [-0.4, -0.2) is 71.0 Å². The number of nitrogens with zero attached hydrogens (tertiary/aromatic N) is 2. The highest BCUT2D eigenvalue weighted by Crippen LogP contribution is 2.20. The second-order valence-electron chi connectivity index (χ2n) is 6.60. The van der Waals surface area contributed by atoms with Gasteiger partial charge in [0, 0.05) is 18.7 Å². The molecule has 4 rings (SSSR count). The van der Waals surface area contributed by atoms with Crippen molar-refractivity contribution in [3.05, 3.63) is 48.0 Å². The molecule has 2 saturated heterocycles. The quantitative estimate of drug-likeness (QED) is 0.794. The van der Waals surface area contributed by atoms with Gasteiger partial charge in [0.25, 0.3) is 5.91 Å². The number of carbonyl (C=O) groups is 3. The molecule has 0 aromatic heterocycles. The van der Waals surface area contributed by atoms with Gasteiger partial charge in [0.1, 0.15) is 12.1 Å². The third-order valence-electron chi connectivity index (χ3n) is 5.05. The number of carbonyl (C=O) groups excluding carboxylic acids is 3. The lowest BCUT2D eigenvalue weighted by molar-refractivity contribution is -0.153. The fourth-order valence-electron chi connectivity index (χ4n) is 3.61. The Balaban J connectivity index is 1.55. The number of aliphatic hydroxyl groups is 1. The molecule has 0 radical (unpaired) electrons. The van der Waals surface area contributed by atoms with E-state index >= 15 is 0 Å². The van der Waals surface area contributed by atoms with E-state index in [0.29, 0.717) is 12.1 Å². The summed E-state index contributed by atoms with van der Waals surface area (Å²) in [5, 5.41) is 13.8. The topological polar surface area (TPSA) is 89.9 Å². The minimum Gasteiger partial charge on any atom is -0.394 e. The smallest absolute Gasteiger partial charge is 0.254 e. The van der Waals surface area contributed by atoms with Gasteiger partial charge < -0.3 is 20.2 Å². The van der Waals surface area contributed by atoms with Crippen LogP contribution in [0.5, 0.6) is 0 Å². The number of hydrogen-bond donors (Lipinski definition) is 2. The van der Waals surface area contributed by atoms with Gasteiger partial charge in [-0.05, 0) is 22.9 Å². The number of benzene rings is 2. The van der Waals surface area contributed by atoms with E-state index < -0.39 is 18.7 Å². The summed E-state index contributed by atoms with van der Waals surface area (Å²) in [6, 6.07) is 11.7. The highest BCUT2D eigenvalue weighted by molar-refractivity contribution is 6.01. The average Bonchev–Trinajstić information content (AvgIpc) is 2.69. The largest absolute Gasteiger partial charge is 0.394 e. The van der Waals surface area contributed by atoms with Gasteiger partial charge in [-0.2, -0.15) is 0 Å². The number of nitrogens with one attached hydrogen (secondary N) is 1. The van der Waals surface area contributed by atoms with E-state index in [1.165, 1.54) is 4.90 Å². The maximum Gasteiger partial charge on any atom is 0.254 e. The molecule has 0 aliphatic carbocycles. The monoisotopic (exact) mass is 353 g/mol. The molecule has 26 heavy (non-hydrogen) atoms. The molecule has 2 aromatic rings. The van der Waals surface area contributed by atoms with Gasteiger partial charge in [-0.1, -0.05) is 30.3 Å². The first-order chi connectivity index (χ1) is 12.6. The van der Waals surface area contributed by atoms with Crippen LogP contribution in [0.2, 0.25) is 0 Å². The number of rotatable bonds is 2. The van der Waals surface area contributed by atoms with Crippen LogP contribution in [-0.2, 0) is 9.59 Å². The third-order valence-corrected chi connectivity index (χ3v) is 5.05. The predicted molar refractivity (Wildman–Crippen MR) is 94.4 cm³/mol. The Morgan fingerprint density at radius 1 is 1.12 bits per heavy atom. The van der Waals surface area contributed by atoms with Crippen LogP contribution in [0.3, 0.4) is 0 Å². The normalized spacial score (nSPS) is 23.0. The first-order valence-corrected chi connectivity index (χ1v) is 8.58. The van der Waals surface area contributed by atoms with Crippen molar-refractivity contribution in [3.8, 4) is 0 Å². The van der Waals surface area contributed by atoms with E-state index in [4.69, 9.17) is 0 Å². The maximum atomic E-state index is 12.9. The van der Waals surface area contributed by atoms with E-state index in [1.807, 2.05) is 36.4 Å². The Morgan fingerprint density at radius 3 is 2.65 bits per heavy atom. The standard InChI is InChI=1S/C19H19N3O4/c23-11-15-19(26)22-8-7-21(10-16(22)17(24)20-15)18(25)14-6-5-12-3-1-2-4-13(12)9-14/h1-6,9,15-16,23H,7-8,10-11H2,(H,20,24)/t15-,16-/m1/s1. The van der Waals surface area contributed by atoms with Crippen molar-refractivity contribution in [2.75, 3.05) is 26.2 Å². The Bertz CT molecular complexity index is 897. The van der Waals surface area contributed by atoms with E-state index in [1.54, 1.807) is 11.0 Å². The minimum absolute atomic E-state index is 0.153. The molecule has 2 aliphatic heterocycles. The minimum atomic E-state index is -0.888. The fraction of sp³-hybridized carbons (Fsp3) is 0.316. The highest BCUT2D eigenvalue weighted by atomic mass is 16.3. The van der Waals surface area contributed by atoms with Crippen molar-refractivity contribution in [2.45, 2.75) is 12.1 Å². The van der Waals surface area contributed by atoms with Gasteiger partial charge in [0.05, 0.1) is 13.2 Å². The van der Waals surface area contributed by atoms with Gasteiger partial charge >= 0.3 is 0 Å². The molecule has 0 bridgehead atoms.